The van der Waals surface area contributed by atoms with Crippen LogP contribution in [0, 0.1) is 12.7 Å². The molecule has 2 saturated heterocycles. The second kappa shape index (κ2) is 7.08. The first-order valence-corrected chi connectivity index (χ1v) is 10.2. The highest BCUT2D eigenvalue weighted by Gasteiger charge is 2.47. The first-order chi connectivity index (χ1) is 13.0. The van der Waals surface area contributed by atoms with Crippen LogP contribution in [0.3, 0.4) is 0 Å². The molecule has 3 heterocycles. The first kappa shape index (κ1) is 18.2. The maximum absolute atomic E-state index is 13.5. The molecule has 2 aliphatic heterocycles. The van der Waals surface area contributed by atoms with Crippen LogP contribution in [0.15, 0.2) is 35.7 Å². The molecule has 2 amide bonds. The molecular formula is C21H23FN2O2S. The Balaban J connectivity index is 1.47. The van der Waals surface area contributed by atoms with Crippen molar-refractivity contribution in [1.29, 1.82) is 0 Å². The third-order valence-corrected chi connectivity index (χ3v) is 6.87. The lowest BCUT2D eigenvalue weighted by Crippen LogP contribution is -2.53. The highest BCUT2D eigenvalue weighted by Crippen LogP contribution is 2.40. The van der Waals surface area contributed by atoms with Crippen LogP contribution < -0.4 is 0 Å². The smallest absolute Gasteiger partial charge is 0.263 e. The van der Waals surface area contributed by atoms with E-state index in [9.17, 15) is 14.0 Å². The number of rotatable bonds is 3. The molecule has 4 rings (SSSR count). The van der Waals surface area contributed by atoms with Gasteiger partial charge in [0, 0.05) is 31.6 Å². The molecule has 0 bridgehead atoms. The molecule has 1 aromatic heterocycles. The van der Waals surface area contributed by atoms with Crippen LogP contribution in [-0.2, 0) is 11.3 Å². The van der Waals surface area contributed by atoms with Gasteiger partial charge in [0.25, 0.3) is 5.91 Å². The first-order valence-electron chi connectivity index (χ1n) is 9.36. The number of hydrogen-bond acceptors (Lipinski definition) is 3. The van der Waals surface area contributed by atoms with Crippen LogP contribution in [0.25, 0.3) is 0 Å². The van der Waals surface area contributed by atoms with Crippen molar-refractivity contribution >= 4 is 23.2 Å². The number of piperidine rings is 1. The summed E-state index contributed by atoms with van der Waals surface area (Å²) in [6.07, 6.45) is 2.92. The van der Waals surface area contributed by atoms with E-state index >= 15 is 0 Å². The molecule has 0 atom stereocenters. The summed E-state index contributed by atoms with van der Waals surface area (Å²) >= 11 is 1.49. The number of carbonyl (C=O) groups excluding carboxylic acids is 2. The van der Waals surface area contributed by atoms with Crippen molar-refractivity contribution in [1.82, 2.24) is 9.80 Å². The van der Waals surface area contributed by atoms with Crippen LogP contribution in [0.1, 0.15) is 46.5 Å². The molecule has 142 valence electrons. The Kier molecular flexibility index (Phi) is 4.76. The number of aryl methyl sites for hydroxylation is 1. The van der Waals surface area contributed by atoms with Gasteiger partial charge in [0.05, 0.1) is 4.88 Å². The van der Waals surface area contributed by atoms with Gasteiger partial charge in [-0.2, -0.15) is 0 Å². The summed E-state index contributed by atoms with van der Waals surface area (Å²) in [6.45, 7) is 3.74. The number of nitrogens with zero attached hydrogens (tertiary/aromatic N) is 2. The van der Waals surface area contributed by atoms with E-state index in [1.807, 2.05) is 34.2 Å². The number of thiophene rings is 1. The monoisotopic (exact) mass is 386 g/mol. The van der Waals surface area contributed by atoms with Gasteiger partial charge in [0.15, 0.2) is 0 Å². The Morgan fingerprint density at radius 3 is 2.67 bits per heavy atom. The number of hydrogen-bond donors (Lipinski definition) is 0. The third-order valence-electron chi connectivity index (χ3n) is 5.83. The summed E-state index contributed by atoms with van der Waals surface area (Å²) in [5, 5.41) is 2.00. The topological polar surface area (TPSA) is 40.6 Å². The molecule has 0 saturated carbocycles. The number of benzene rings is 1. The van der Waals surface area contributed by atoms with Gasteiger partial charge in [-0.15, -0.1) is 11.3 Å². The number of halogens is 1. The highest BCUT2D eigenvalue weighted by molar-refractivity contribution is 7.12. The molecular weight excluding hydrogens is 363 g/mol. The molecule has 4 nitrogen and oxygen atoms in total. The summed E-state index contributed by atoms with van der Waals surface area (Å²) in [4.78, 5) is 29.8. The van der Waals surface area contributed by atoms with E-state index in [4.69, 9.17) is 0 Å². The summed E-state index contributed by atoms with van der Waals surface area (Å²) in [5.74, 6) is -0.0586. The molecule has 0 radical (unpaired) electrons. The predicted octanol–water partition coefficient (Wildman–Crippen LogP) is 3.99. The fraction of sp³-hybridized carbons (Fsp3) is 0.429. The van der Waals surface area contributed by atoms with E-state index in [2.05, 4.69) is 0 Å². The SMILES string of the molecule is Cc1csc(C(=O)N2CCC3(CCC(=O)N3Cc3cccc(F)c3)CC2)c1. The molecule has 0 N–H and O–H groups in total. The Bertz CT molecular complexity index is 871. The Hall–Kier alpha value is -2.21. The molecule has 6 heteroatoms. The number of carbonyl (C=O) groups is 2. The van der Waals surface area contributed by atoms with E-state index in [0.717, 1.165) is 35.3 Å². The van der Waals surface area contributed by atoms with Crippen LogP contribution in [0.2, 0.25) is 0 Å². The molecule has 2 aromatic rings. The van der Waals surface area contributed by atoms with E-state index in [0.29, 0.717) is 26.1 Å². The van der Waals surface area contributed by atoms with Crippen LogP contribution in [-0.4, -0.2) is 40.2 Å². The van der Waals surface area contributed by atoms with Gasteiger partial charge in [-0.25, -0.2) is 4.39 Å². The lowest BCUT2D eigenvalue weighted by atomic mass is 9.84. The van der Waals surface area contributed by atoms with E-state index in [-0.39, 0.29) is 23.2 Å². The minimum absolute atomic E-state index is 0.0870. The van der Waals surface area contributed by atoms with E-state index in [1.54, 1.807) is 6.07 Å². The summed E-state index contributed by atoms with van der Waals surface area (Å²) in [5.41, 5.74) is 1.72. The zero-order valence-electron chi connectivity index (χ0n) is 15.4. The van der Waals surface area contributed by atoms with E-state index in [1.165, 1.54) is 23.5 Å². The van der Waals surface area contributed by atoms with Crippen molar-refractivity contribution in [3.8, 4) is 0 Å². The van der Waals surface area contributed by atoms with Crippen molar-refractivity contribution < 1.29 is 14.0 Å². The normalized spacial score (nSPS) is 19.1. The van der Waals surface area contributed by atoms with Gasteiger partial charge in [0.2, 0.25) is 5.91 Å². The minimum Gasteiger partial charge on any atom is -0.338 e. The number of likely N-dealkylation sites (tertiary alicyclic amines) is 2. The van der Waals surface area contributed by atoms with Crippen molar-refractivity contribution in [3.05, 3.63) is 57.5 Å². The van der Waals surface area contributed by atoms with Crippen molar-refractivity contribution in [3.63, 3.8) is 0 Å². The number of amides is 2. The van der Waals surface area contributed by atoms with E-state index < -0.39 is 0 Å². The standard InChI is InChI=1S/C21H23FN2O2S/c1-15-11-18(27-14-15)20(26)23-9-7-21(8-10-23)6-5-19(25)24(21)13-16-3-2-4-17(22)12-16/h2-4,11-12,14H,5-10,13H2,1H3. The molecule has 1 aromatic carbocycles. The molecule has 0 unspecified atom stereocenters. The maximum atomic E-state index is 13.5. The van der Waals surface area contributed by atoms with Gasteiger partial charge in [0.1, 0.15) is 5.82 Å². The minimum atomic E-state index is -0.278. The summed E-state index contributed by atoms with van der Waals surface area (Å²) < 4.78 is 13.5. The molecule has 2 fully saturated rings. The fourth-order valence-corrected chi connectivity index (χ4v) is 5.16. The van der Waals surface area contributed by atoms with Gasteiger partial charge in [-0.05, 0) is 60.9 Å². The van der Waals surface area contributed by atoms with Gasteiger partial charge >= 0.3 is 0 Å². The van der Waals surface area contributed by atoms with Gasteiger partial charge in [-0.1, -0.05) is 12.1 Å². The van der Waals surface area contributed by atoms with Crippen LogP contribution >= 0.6 is 11.3 Å². The third kappa shape index (κ3) is 3.50. The Morgan fingerprint density at radius 2 is 2.00 bits per heavy atom. The maximum Gasteiger partial charge on any atom is 0.263 e. The fourth-order valence-electron chi connectivity index (χ4n) is 4.29. The largest absolute Gasteiger partial charge is 0.338 e. The Morgan fingerprint density at radius 1 is 1.22 bits per heavy atom. The molecule has 1 spiro atoms. The van der Waals surface area contributed by atoms with Crippen molar-refractivity contribution in [2.45, 2.75) is 44.7 Å². The quantitative estimate of drug-likeness (QED) is 0.800. The predicted molar refractivity (Wildman–Crippen MR) is 103 cm³/mol. The van der Waals surface area contributed by atoms with Crippen LogP contribution in [0.5, 0.6) is 0 Å². The molecule has 27 heavy (non-hydrogen) atoms. The average molecular weight is 386 g/mol. The molecule has 0 aliphatic carbocycles. The van der Waals surface area contributed by atoms with Gasteiger partial charge < -0.3 is 9.80 Å². The lowest BCUT2D eigenvalue weighted by molar-refractivity contribution is -0.133. The van der Waals surface area contributed by atoms with Crippen molar-refractivity contribution in [2.75, 3.05) is 13.1 Å². The van der Waals surface area contributed by atoms with Gasteiger partial charge in [-0.3, -0.25) is 9.59 Å². The summed E-state index contributed by atoms with van der Waals surface area (Å²) in [7, 11) is 0. The van der Waals surface area contributed by atoms with Crippen molar-refractivity contribution in [2.24, 2.45) is 0 Å². The lowest BCUT2D eigenvalue weighted by Gasteiger charge is -2.45. The zero-order valence-corrected chi connectivity index (χ0v) is 16.2. The zero-order chi connectivity index (χ0) is 19.0. The average Bonchev–Trinajstić information content (AvgIpc) is 3.21. The highest BCUT2D eigenvalue weighted by atomic mass is 32.1. The van der Waals surface area contributed by atoms with Crippen LogP contribution in [0.4, 0.5) is 4.39 Å². The second-order valence-corrected chi connectivity index (χ2v) is 8.53. The molecule has 2 aliphatic rings. The summed E-state index contributed by atoms with van der Waals surface area (Å²) in [6, 6.07) is 8.40. The second-order valence-electron chi connectivity index (χ2n) is 7.61. The Labute approximate surface area is 162 Å².